The highest BCUT2D eigenvalue weighted by molar-refractivity contribution is 7.07. The molecule has 0 unspecified atom stereocenters. The van der Waals surface area contributed by atoms with Crippen molar-refractivity contribution in [2.75, 3.05) is 6.54 Å². The molecule has 20 heavy (non-hydrogen) atoms. The zero-order valence-electron chi connectivity index (χ0n) is 10.3. The molecule has 0 radical (unpaired) electrons. The summed E-state index contributed by atoms with van der Waals surface area (Å²) in [6.07, 6.45) is 2.44. The van der Waals surface area contributed by atoms with Gasteiger partial charge in [-0.05, 0) is 6.07 Å². The summed E-state index contributed by atoms with van der Waals surface area (Å²) in [6.45, 7) is -0.463. The van der Waals surface area contributed by atoms with E-state index in [4.69, 9.17) is 9.84 Å². The number of carboxylic acid groups (broad SMARTS) is 1. The Hall–Kier alpha value is -2.48. The minimum atomic E-state index is -1.13. The van der Waals surface area contributed by atoms with Crippen LogP contribution in [0, 0.1) is 0 Å². The molecule has 0 aromatic carbocycles. The predicted molar refractivity (Wildman–Crippen MR) is 71.2 cm³/mol. The number of aliphatic carboxylic acids is 1. The second kappa shape index (κ2) is 6.62. The maximum atomic E-state index is 11.3. The summed E-state index contributed by atoms with van der Waals surface area (Å²) in [5, 5.41) is 12.4. The molecule has 0 aliphatic heterocycles. The molecule has 1 amide bonds. The number of rotatable bonds is 5. The molecule has 0 saturated heterocycles. The maximum Gasteiger partial charge on any atom is 0.407 e. The third-order valence-electron chi connectivity index (χ3n) is 2.36. The minimum Gasteiger partial charge on any atom is -0.480 e. The van der Waals surface area contributed by atoms with Crippen LogP contribution in [0.2, 0.25) is 0 Å². The van der Waals surface area contributed by atoms with Gasteiger partial charge in [0.2, 0.25) is 0 Å². The van der Waals surface area contributed by atoms with Crippen molar-refractivity contribution in [1.29, 1.82) is 0 Å². The number of nitrogens with one attached hydrogen (secondary N) is 1. The summed E-state index contributed by atoms with van der Waals surface area (Å²) in [4.78, 5) is 29.8. The largest absolute Gasteiger partial charge is 0.480 e. The number of amides is 1. The number of aromatic nitrogens is 2. The van der Waals surface area contributed by atoms with Crippen LogP contribution in [0.5, 0.6) is 0 Å². The van der Waals surface area contributed by atoms with E-state index in [1.165, 1.54) is 11.3 Å². The van der Waals surface area contributed by atoms with E-state index in [9.17, 15) is 9.59 Å². The number of carbonyl (C=O) groups excluding carboxylic acids is 1. The van der Waals surface area contributed by atoms with Crippen molar-refractivity contribution in [2.45, 2.75) is 6.61 Å². The van der Waals surface area contributed by atoms with Gasteiger partial charge in [-0.1, -0.05) is 0 Å². The van der Waals surface area contributed by atoms with Gasteiger partial charge in [0, 0.05) is 28.9 Å². The highest BCUT2D eigenvalue weighted by Gasteiger charge is 2.10. The Morgan fingerprint density at radius 1 is 1.45 bits per heavy atom. The van der Waals surface area contributed by atoms with Gasteiger partial charge in [-0.3, -0.25) is 9.78 Å². The van der Waals surface area contributed by atoms with Crippen LogP contribution in [0.15, 0.2) is 29.4 Å². The minimum absolute atomic E-state index is 0.0147. The maximum absolute atomic E-state index is 11.3. The number of carboxylic acids is 1. The molecule has 0 atom stereocenters. The van der Waals surface area contributed by atoms with Crippen LogP contribution in [0.4, 0.5) is 4.79 Å². The molecule has 104 valence electrons. The molecule has 0 aliphatic carbocycles. The molecule has 2 aromatic heterocycles. The lowest BCUT2D eigenvalue weighted by molar-refractivity contribution is -0.135. The van der Waals surface area contributed by atoms with Crippen LogP contribution in [-0.4, -0.2) is 33.7 Å². The van der Waals surface area contributed by atoms with E-state index in [0.29, 0.717) is 0 Å². The normalized spacial score (nSPS) is 10.0. The molecule has 2 rings (SSSR count). The molecule has 2 N–H and O–H groups in total. The SMILES string of the molecule is O=C(O)CNC(=O)OCc1ccncc1-c1cscn1. The van der Waals surface area contributed by atoms with Crippen molar-refractivity contribution in [3.8, 4) is 11.3 Å². The lowest BCUT2D eigenvalue weighted by Crippen LogP contribution is -2.29. The second-order valence-corrected chi connectivity index (χ2v) is 4.45. The van der Waals surface area contributed by atoms with Gasteiger partial charge in [0.25, 0.3) is 0 Å². The average Bonchev–Trinajstić information content (AvgIpc) is 2.97. The monoisotopic (exact) mass is 293 g/mol. The highest BCUT2D eigenvalue weighted by atomic mass is 32.1. The Kier molecular flexibility index (Phi) is 4.61. The molecule has 0 bridgehead atoms. The summed E-state index contributed by atoms with van der Waals surface area (Å²) in [6, 6.07) is 1.72. The van der Waals surface area contributed by atoms with E-state index >= 15 is 0 Å². The fraction of sp³-hybridized carbons (Fsp3) is 0.167. The van der Waals surface area contributed by atoms with E-state index in [2.05, 4.69) is 15.3 Å². The first-order valence-electron chi connectivity index (χ1n) is 5.60. The van der Waals surface area contributed by atoms with Crippen molar-refractivity contribution >= 4 is 23.4 Å². The Morgan fingerprint density at radius 2 is 2.30 bits per heavy atom. The summed E-state index contributed by atoms with van der Waals surface area (Å²) in [7, 11) is 0. The van der Waals surface area contributed by atoms with E-state index in [0.717, 1.165) is 16.8 Å². The smallest absolute Gasteiger partial charge is 0.407 e. The third-order valence-corrected chi connectivity index (χ3v) is 2.95. The first-order valence-corrected chi connectivity index (χ1v) is 6.55. The lowest BCUT2D eigenvalue weighted by Gasteiger charge is -2.08. The summed E-state index contributed by atoms with van der Waals surface area (Å²) >= 11 is 1.45. The van der Waals surface area contributed by atoms with Crippen molar-refractivity contribution < 1.29 is 19.4 Å². The van der Waals surface area contributed by atoms with E-state index in [1.54, 1.807) is 24.0 Å². The molecule has 8 heteroatoms. The fourth-order valence-corrected chi connectivity index (χ4v) is 2.02. The van der Waals surface area contributed by atoms with Crippen LogP contribution in [0.1, 0.15) is 5.56 Å². The van der Waals surface area contributed by atoms with Crippen molar-refractivity contribution in [3.63, 3.8) is 0 Å². The van der Waals surface area contributed by atoms with Crippen molar-refractivity contribution in [1.82, 2.24) is 15.3 Å². The Bertz CT molecular complexity index is 601. The molecular formula is C12H11N3O4S. The first-order chi connectivity index (χ1) is 9.66. The average molecular weight is 293 g/mol. The first kappa shape index (κ1) is 13.9. The van der Waals surface area contributed by atoms with E-state index in [1.807, 2.05) is 5.38 Å². The fourth-order valence-electron chi connectivity index (χ4n) is 1.47. The van der Waals surface area contributed by atoms with Crippen molar-refractivity contribution in [2.24, 2.45) is 0 Å². The summed E-state index contributed by atoms with van der Waals surface area (Å²) < 4.78 is 4.95. The third kappa shape index (κ3) is 3.75. The van der Waals surface area contributed by atoms with Crippen LogP contribution < -0.4 is 5.32 Å². The van der Waals surface area contributed by atoms with Crippen LogP contribution in [0.25, 0.3) is 11.3 Å². The van der Waals surface area contributed by atoms with Gasteiger partial charge in [-0.25, -0.2) is 9.78 Å². The van der Waals surface area contributed by atoms with Crippen LogP contribution in [-0.2, 0) is 16.1 Å². The van der Waals surface area contributed by atoms with Gasteiger partial charge in [0.1, 0.15) is 13.2 Å². The van der Waals surface area contributed by atoms with Gasteiger partial charge in [0.15, 0.2) is 0 Å². The van der Waals surface area contributed by atoms with Gasteiger partial charge in [0.05, 0.1) is 11.2 Å². The number of carbonyl (C=O) groups is 2. The Morgan fingerprint density at radius 3 is 3.00 bits per heavy atom. The highest BCUT2D eigenvalue weighted by Crippen LogP contribution is 2.22. The van der Waals surface area contributed by atoms with Crippen LogP contribution >= 0.6 is 11.3 Å². The van der Waals surface area contributed by atoms with Gasteiger partial charge in [-0.2, -0.15) is 0 Å². The Balaban J connectivity index is 2.00. The zero-order valence-corrected chi connectivity index (χ0v) is 11.1. The second-order valence-electron chi connectivity index (χ2n) is 3.73. The number of pyridine rings is 1. The summed E-state index contributed by atoms with van der Waals surface area (Å²) in [5.74, 6) is -1.13. The van der Waals surface area contributed by atoms with Crippen molar-refractivity contribution in [3.05, 3.63) is 34.9 Å². The molecule has 2 aromatic rings. The molecule has 0 spiro atoms. The Labute approximate surface area is 118 Å². The molecule has 7 nitrogen and oxygen atoms in total. The predicted octanol–water partition coefficient (Wildman–Crippen LogP) is 1.52. The number of ether oxygens (including phenoxy) is 1. The molecule has 2 heterocycles. The topological polar surface area (TPSA) is 101 Å². The number of nitrogens with zero attached hydrogens (tertiary/aromatic N) is 2. The quantitative estimate of drug-likeness (QED) is 0.866. The summed E-state index contributed by atoms with van der Waals surface area (Å²) in [5.41, 5.74) is 3.98. The van der Waals surface area contributed by atoms with Gasteiger partial charge in [-0.15, -0.1) is 11.3 Å². The van der Waals surface area contributed by atoms with Gasteiger partial charge >= 0.3 is 12.1 Å². The zero-order chi connectivity index (χ0) is 14.4. The molecular weight excluding hydrogens is 282 g/mol. The number of thiazole rings is 1. The number of alkyl carbamates (subject to hydrolysis) is 1. The van der Waals surface area contributed by atoms with E-state index < -0.39 is 18.6 Å². The molecule has 0 fully saturated rings. The van der Waals surface area contributed by atoms with Crippen LogP contribution in [0.3, 0.4) is 0 Å². The number of hydrogen-bond acceptors (Lipinski definition) is 6. The number of hydrogen-bond donors (Lipinski definition) is 2. The molecule has 0 saturated carbocycles. The van der Waals surface area contributed by atoms with Gasteiger partial charge < -0.3 is 15.2 Å². The standard InChI is InChI=1S/C12H11N3O4S/c16-11(17)4-14-12(18)19-5-8-1-2-13-3-9(8)10-6-20-7-15-10/h1-3,6-7H,4-5H2,(H,14,18)(H,16,17). The van der Waals surface area contributed by atoms with E-state index in [-0.39, 0.29) is 6.61 Å². The lowest BCUT2D eigenvalue weighted by atomic mass is 10.1. The molecule has 0 aliphatic rings.